The zero-order valence-electron chi connectivity index (χ0n) is 22.5. The fourth-order valence-electron chi connectivity index (χ4n) is 4.67. The highest BCUT2D eigenvalue weighted by atomic mass is 19.4. The first kappa shape index (κ1) is 27.4. The van der Waals surface area contributed by atoms with Crippen molar-refractivity contribution in [2.75, 3.05) is 31.6 Å². The molecule has 1 fully saturated rings. The number of ether oxygens (including phenoxy) is 1. The van der Waals surface area contributed by atoms with E-state index in [0.717, 1.165) is 54.9 Å². The van der Waals surface area contributed by atoms with E-state index in [1.165, 1.54) is 6.07 Å². The van der Waals surface area contributed by atoms with Crippen LogP contribution < -0.4 is 10.1 Å². The number of likely N-dealkylation sites (tertiary alicyclic amines) is 1. The quantitative estimate of drug-likeness (QED) is 0.329. The van der Waals surface area contributed by atoms with E-state index in [0.29, 0.717) is 17.9 Å². The van der Waals surface area contributed by atoms with Gasteiger partial charge in [-0.05, 0) is 69.6 Å². The highest BCUT2D eigenvalue weighted by Crippen LogP contribution is 2.34. The second-order valence-electron chi connectivity index (χ2n) is 9.91. The van der Waals surface area contributed by atoms with Crippen molar-refractivity contribution < 1.29 is 22.7 Å². The monoisotopic (exact) mass is 553 g/mol. The van der Waals surface area contributed by atoms with Gasteiger partial charge in [0.2, 0.25) is 0 Å². The zero-order valence-corrected chi connectivity index (χ0v) is 22.5. The van der Waals surface area contributed by atoms with Gasteiger partial charge >= 0.3 is 6.18 Å². The number of rotatable bonds is 8. The molecule has 5 rings (SSSR count). The number of aromatic nitrogens is 5. The molecular weight excluding hydrogens is 523 g/mol. The molecule has 0 unspecified atom stereocenters. The first-order valence-corrected chi connectivity index (χ1v) is 13.0. The summed E-state index contributed by atoms with van der Waals surface area (Å²) in [7, 11) is 1.84. The van der Waals surface area contributed by atoms with Crippen molar-refractivity contribution in [1.29, 1.82) is 0 Å². The van der Waals surface area contributed by atoms with Crippen molar-refractivity contribution in [3.05, 3.63) is 71.2 Å². The molecule has 0 bridgehead atoms. The number of amides is 1. The van der Waals surface area contributed by atoms with Gasteiger partial charge in [0.05, 0.1) is 23.6 Å². The van der Waals surface area contributed by atoms with Crippen LogP contribution in [0.3, 0.4) is 0 Å². The Labute approximate surface area is 229 Å². The molecule has 9 nitrogen and oxygen atoms in total. The Kier molecular flexibility index (Phi) is 7.61. The molecule has 2 aromatic carbocycles. The van der Waals surface area contributed by atoms with Gasteiger partial charge in [-0.15, -0.1) is 5.10 Å². The molecule has 0 spiro atoms. The van der Waals surface area contributed by atoms with E-state index in [9.17, 15) is 18.0 Å². The third-order valence-electron chi connectivity index (χ3n) is 7.09. The lowest BCUT2D eigenvalue weighted by molar-refractivity contribution is -0.137. The maximum atomic E-state index is 13.6. The number of aryl methyl sites for hydroxylation is 2. The van der Waals surface area contributed by atoms with Gasteiger partial charge in [-0.2, -0.15) is 18.3 Å². The zero-order chi connectivity index (χ0) is 28.4. The van der Waals surface area contributed by atoms with Crippen LogP contribution in [0.15, 0.2) is 48.8 Å². The number of alkyl halides is 3. The van der Waals surface area contributed by atoms with E-state index < -0.39 is 17.6 Å². The molecule has 0 aliphatic carbocycles. The molecule has 0 atom stereocenters. The number of nitrogens with one attached hydrogen (secondary N) is 1. The van der Waals surface area contributed by atoms with Crippen LogP contribution in [-0.4, -0.2) is 61.8 Å². The van der Waals surface area contributed by atoms with E-state index in [2.05, 4.69) is 25.6 Å². The van der Waals surface area contributed by atoms with Crippen LogP contribution in [-0.2, 0) is 13.2 Å². The number of carbonyl (C=O) groups is 1. The van der Waals surface area contributed by atoms with Gasteiger partial charge in [0.15, 0.2) is 0 Å². The van der Waals surface area contributed by atoms with Gasteiger partial charge in [-0.1, -0.05) is 11.3 Å². The lowest BCUT2D eigenvalue weighted by atomic mass is 10.1. The minimum Gasteiger partial charge on any atom is -0.492 e. The molecule has 12 heteroatoms. The highest BCUT2D eigenvalue weighted by Gasteiger charge is 2.32. The summed E-state index contributed by atoms with van der Waals surface area (Å²) in [4.78, 5) is 15.4. The third-order valence-corrected chi connectivity index (χ3v) is 7.09. The van der Waals surface area contributed by atoms with Crippen LogP contribution in [0, 0.1) is 13.8 Å². The molecule has 40 heavy (non-hydrogen) atoms. The maximum absolute atomic E-state index is 13.6. The summed E-state index contributed by atoms with van der Waals surface area (Å²) >= 11 is 0. The molecule has 3 heterocycles. The van der Waals surface area contributed by atoms with Gasteiger partial charge in [0.25, 0.3) is 5.91 Å². The third kappa shape index (κ3) is 6.01. The average Bonchev–Trinajstić information content (AvgIpc) is 3.67. The largest absolute Gasteiger partial charge is 0.492 e. The topological polar surface area (TPSA) is 90.1 Å². The summed E-state index contributed by atoms with van der Waals surface area (Å²) in [6.07, 6.45) is 1.08. The maximum Gasteiger partial charge on any atom is 0.416 e. The normalized spacial score (nSPS) is 14.1. The summed E-state index contributed by atoms with van der Waals surface area (Å²) in [6, 6.07) is 8.25. The number of anilines is 1. The molecule has 1 aliphatic rings. The summed E-state index contributed by atoms with van der Waals surface area (Å²) in [5.74, 6) is -0.512. The van der Waals surface area contributed by atoms with Gasteiger partial charge in [-0.3, -0.25) is 14.4 Å². The number of halogens is 3. The number of hydrogen-bond donors (Lipinski definition) is 1. The Hall–Kier alpha value is -4.19. The van der Waals surface area contributed by atoms with E-state index in [1.807, 2.05) is 20.9 Å². The predicted octanol–water partition coefficient (Wildman–Crippen LogP) is 5.03. The fourth-order valence-corrected chi connectivity index (χ4v) is 4.67. The Morgan fingerprint density at radius 1 is 1.10 bits per heavy atom. The molecule has 1 aliphatic heterocycles. The molecule has 1 saturated heterocycles. The Morgan fingerprint density at radius 2 is 1.88 bits per heavy atom. The van der Waals surface area contributed by atoms with E-state index in [1.54, 1.807) is 40.0 Å². The molecular formula is C28H30F3N7O2. The van der Waals surface area contributed by atoms with Gasteiger partial charge in [-0.25, -0.2) is 4.68 Å². The molecule has 4 aromatic rings. The van der Waals surface area contributed by atoms with Crippen molar-refractivity contribution >= 4 is 11.6 Å². The molecule has 2 aromatic heterocycles. The second-order valence-corrected chi connectivity index (χ2v) is 9.91. The lowest BCUT2D eigenvalue weighted by Crippen LogP contribution is -2.25. The van der Waals surface area contributed by atoms with Crippen LogP contribution in [0.2, 0.25) is 0 Å². The van der Waals surface area contributed by atoms with Crippen LogP contribution in [0.4, 0.5) is 18.9 Å². The fraction of sp³-hybridized carbons (Fsp3) is 0.357. The summed E-state index contributed by atoms with van der Waals surface area (Å²) in [5, 5.41) is 15.3. The number of hydrogen-bond acceptors (Lipinski definition) is 6. The van der Waals surface area contributed by atoms with Crippen LogP contribution in [0.5, 0.6) is 5.75 Å². The summed E-state index contributed by atoms with van der Waals surface area (Å²) in [6.45, 7) is 6.61. The number of benzene rings is 2. The van der Waals surface area contributed by atoms with Gasteiger partial charge < -0.3 is 10.1 Å². The second kappa shape index (κ2) is 11.1. The molecule has 210 valence electrons. The van der Waals surface area contributed by atoms with Crippen LogP contribution in [0.25, 0.3) is 16.9 Å². The smallest absolute Gasteiger partial charge is 0.416 e. The minimum atomic E-state index is -4.59. The first-order valence-electron chi connectivity index (χ1n) is 13.0. The SMILES string of the molecule is Cc1ccc(C(=O)Nc2cc(OCCN3CCCC3)cc(C(F)(F)F)c2)cc1-n1cc(-c2cnn(C)c2C)nn1. The van der Waals surface area contributed by atoms with E-state index >= 15 is 0 Å². The Bertz CT molecular complexity index is 1520. The van der Waals surface area contributed by atoms with E-state index in [4.69, 9.17) is 4.74 Å². The summed E-state index contributed by atoms with van der Waals surface area (Å²) < 4.78 is 49.8. The summed E-state index contributed by atoms with van der Waals surface area (Å²) in [5.41, 5.74) is 3.19. The predicted molar refractivity (Wildman–Crippen MR) is 144 cm³/mol. The van der Waals surface area contributed by atoms with Crippen molar-refractivity contribution in [1.82, 2.24) is 29.7 Å². The van der Waals surface area contributed by atoms with Crippen molar-refractivity contribution in [2.24, 2.45) is 7.05 Å². The standard InChI is InChI=1S/C28H30F3N7O2/c1-18-6-7-20(12-26(18)38-17-25(34-35-38)24-16-32-36(3)19(24)2)27(39)33-22-13-21(28(29,30)31)14-23(15-22)40-11-10-37-8-4-5-9-37/h6-7,12-17H,4-5,8-11H2,1-3H3,(H,33,39). The van der Waals surface area contributed by atoms with Crippen molar-refractivity contribution in [3.8, 4) is 22.7 Å². The number of nitrogens with zero attached hydrogens (tertiary/aromatic N) is 6. The average molecular weight is 554 g/mol. The van der Waals surface area contributed by atoms with Crippen molar-refractivity contribution in [3.63, 3.8) is 0 Å². The van der Waals surface area contributed by atoms with Gasteiger partial charge in [0.1, 0.15) is 18.1 Å². The van der Waals surface area contributed by atoms with Crippen LogP contribution in [0.1, 0.15) is 40.0 Å². The van der Waals surface area contributed by atoms with Crippen LogP contribution >= 0.6 is 0 Å². The molecule has 0 saturated carbocycles. The molecule has 1 amide bonds. The molecule has 0 radical (unpaired) electrons. The van der Waals surface area contributed by atoms with E-state index in [-0.39, 0.29) is 23.6 Å². The Balaban J connectivity index is 1.35. The van der Waals surface area contributed by atoms with Gasteiger partial charge in [0, 0.05) is 42.2 Å². The molecule has 1 N–H and O–H groups in total. The van der Waals surface area contributed by atoms with Crippen molar-refractivity contribution in [2.45, 2.75) is 32.9 Å². The highest BCUT2D eigenvalue weighted by molar-refractivity contribution is 6.04. The first-order chi connectivity index (χ1) is 19.1. The number of carbonyl (C=O) groups excluding carboxylic acids is 1. The minimum absolute atomic E-state index is 0.00628. The Morgan fingerprint density at radius 3 is 2.58 bits per heavy atom. The lowest BCUT2D eigenvalue weighted by Gasteiger charge is -2.17.